The average molecular weight is 128 g/mol. The van der Waals surface area contributed by atoms with E-state index in [-0.39, 0.29) is 0 Å². The van der Waals surface area contributed by atoms with Crippen LogP contribution in [0.3, 0.4) is 0 Å². The van der Waals surface area contributed by atoms with Crippen LogP contribution in [0.25, 0.3) is 0 Å². The van der Waals surface area contributed by atoms with E-state index in [1.807, 2.05) is 0 Å². The summed E-state index contributed by atoms with van der Waals surface area (Å²) in [5.41, 5.74) is 0.519. The van der Waals surface area contributed by atoms with E-state index >= 15 is 0 Å². The minimum Gasteiger partial charge on any atom is -0.305 e. The van der Waals surface area contributed by atoms with Crippen molar-refractivity contribution in [2.75, 3.05) is 13.1 Å². The van der Waals surface area contributed by atoms with Crippen molar-refractivity contribution < 1.29 is 0 Å². The van der Waals surface area contributed by atoms with Crippen LogP contribution in [0.4, 0.5) is 0 Å². The zero-order valence-corrected chi connectivity index (χ0v) is 6.94. The fourth-order valence-electron chi connectivity index (χ4n) is 0.771. The molecule has 0 amide bonds. The van der Waals surface area contributed by atoms with E-state index in [0.29, 0.717) is 5.67 Å². The Balaban J connectivity index is 3.35. The first-order chi connectivity index (χ1) is 3.72. The molecule has 47 valence electrons. The summed E-state index contributed by atoms with van der Waals surface area (Å²) in [4.78, 5) is 2.33. The van der Waals surface area contributed by atoms with Gasteiger partial charge in [-0.2, -0.15) is 0 Å². The van der Waals surface area contributed by atoms with Crippen LogP contribution in [0.15, 0.2) is 0 Å². The second-order valence-corrected chi connectivity index (χ2v) is 2.73. The monoisotopic (exact) mass is 128 g/mol. The first-order valence-corrected chi connectivity index (χ1v) is 3.75. The lowest BCUT2D eigenvalue weighted by molar-refractivity contribution is 0.291. The van der Waals surface area contributed by atoms with Gasteiger partial charge in [0.1, 0.15) is 0 Å². The van der Waals surface area contributed by atoms with Crippen molar-refractivity contribution in [3.8, 4) is 0 Å². The fourth-order valence-corrected chi connectivity index (χ4v) is 1.14. The molecular weight excluding hydrogens is 114 g/mol. The van der Waals surface area contributed by atoms with Crippen LogP contribution in [0.2, 0.25) is 0 Å². The summed E-state index contributed by atoms with van der Waals surface area (Å²) in [5, 5.41) is 0. The maximum Gasteiger partial charge on any atom is 0.0476 e. The second kappa shape index (κ2) is 4.10. The molecule has 0 saturated carbocycles. The van der Waals surface area contributed by atoms with Gasteiger partial charge in [-0.1, -0.05) is 20.8 Å². The van der Waals surface area contributed by atoms with Crippen LogP contribution >= 0.6 is 0 Å². The molecule has 2 heteroatoms. The average Bonchev–Trinajstić information content (AvgIpc) is 1.69. The van der Waals surface area contributed by atoms with Crippen LogP contribution in [0.1, 0.15) is 20.8 Å². The van der Waals surface area contributed by atoms with Gasteiger partial charge in [-0.15, -0.1) is 0 Å². The predicted octanol–water partition coefficient (Wildman–Crippen LogP) is 0.843. The molecule has 0 aromatic carbocycles. The topological polar surface area (TPSA) is 3.24 Å². The number of nitrogens with zero attached hydrogens (tertiary/aromatic N) is 1. The Morgan fingerprint density at radius 2 is 1.75 bits per heavy atom. The van der Waals surface area contributed by atoms with Crippen LogP contribution in [0.5, 0.6) is 0 Å². The molecule has 0 N–H and O–H groups in total. The third-order valence-electron chi connectivity index (χ3n) is 1.36. The van der Waals surface area contributed by atoms with Crippen molar-refractivity contribution in [1.29, 1.82) is 0 Å². The van der Waals surface area contributed by atoms with Crippen molar-refractivity contribution >= 4 is 10.2 Å². The molecule has 0 rings (SSSR count). The van der Waals surface area contributed by atoms with E-state index in [0.717, 1.165) is 13.1 Å². The van der Waals surface area contributed by atoms with Gasteiger partial charge in [-0.3, -0.25) is 0 Å². The minimum atomic E-state index is 0.519. The molecule has 0 aliphatic rings. The highest BCUT2D eigenvalue weighted by molar-refractivity contribution is 6.11. The molecule has 1 unspecified atom stereocenters. The van der Waals surface area contributed by atoms with E-state index in [4.69, 9.17) is 0 Å². The molecule has 0 saturated heterocycles. The highest BCUT2D eigenvalue weighted by Crippen LogP contribution is 1.90. The largest absolute Gasteiger partial charge is 0.305 e. The molecule has 0 aromatic heterocycles. The molecule has 0 aliphatic heterocycles. The molecular formula is C6H14NSi. The zero-order chi connectivity index (χ0) is 6.57. The van der Waals surface area contributed by atoms with E-state index in [1.165, 1.54) is 0 Å². The highest BCUT2D eigenvalue weighted by atomic mass is 28.1. The zero-order valence-electron chi connectivity index (χ0n) is 5.94. The summed E-state index contributed by atoms with van der Waals surface area (Å²) in [6, 6.07) is 0. The fraction of sp³-hybridized carbons (Fsp3) is 1.00. The van der Waals surface area contributed by atoms with E-state index in [1.54, 1.807) is 0 Å². The van der Waals surface area contributed by atoms with Crippen LogP contribution in [0, 0.1) is 0 Å². The van der Waals surface area contributed by atoms with Gasteiger partial charge in [0.15, 0.2) is 0 Å². The summed E-state index contributed by atoms with van der Waals surface area (Å²) in [5.74, 6) is 0. The Bertz CT molecular complexity index is 50.5. The van der Waals surface area contributed by atoms with Gasteiger partial charge in [0, 0.05) is 10.2 Å². The first kappa shape index (κ1) is 8.18. The summed E-state index contributed by atoms with van der Waals surface area (Å²) in [7, 11) is 3.53. The molecule has 1 atom stereocenters. The number of rotatable bonds is 3. The van der Waals surface area contributed by atoms with Crippen molar-refractivity contribution in [2.24, 2.45) is 0 Å². The Morgan fingerprint density at radius 3 is 1.75 bits per heavy atom. The van der Waals surface area contributed by atoms with Gasteiger partial charge in [0.25, 0.3) is 0 Å². The van der Waals surface area contributed by atoms with Gasteiger partial charge in [-0.25, -0.2) is 0 Å². The van der Waals surface area contributed by atoms with Crippen molar-refractivity contribution in [2.45, 2.75) is 26.4 Å². The number of hydrogen-bond donors (Lipinski definition) is 0. The lowest BCUT2D eigenvalue weighted by Crippen LogP contribution is -2.32. The molecule has 0 aliphatic carbocycles. The molecule has 1 nitrogen and oxygen atoms in total. The van der Waals surface area contributed by atoms with Crippen molar-refractivity contribution in [3.63, 3.8) is 0 Å². The lowest BCUT2D eigenvalue weighted by Gasteiger charge is -2.21. The summed E-state index contributed by atoms with van der Waals surface area (Å²) >= 11 is 0. The van der Waals surface area contributed by atoms with Crippen LogP contribution in [-0.4, -0.2) is 33.9 Å². The Morgan fingerprint density at radius 1 is 1.38 bits per heavy atom. The summed E-state index contributed by atoms with van der Waals surface area (Å²) in [6.45, 7) is 8.73. The van der Waals surface area contributed by atoms with Crippen LogP contribution < -0.4 is 0 Å². The highest BCUT2D eigenvalue weighted by Gasteiger charge is 2.01. The minimum absolute atomic E-state index is 0.519. The number of hydrogen-bond acceptors (Lipinski definition) is 1. The molecule has 0 bridgehead atoms. The van der Waals surface area contributed by atoms with Crippen molar-refractivity contribution in [1.82, 2.24) is 4.90 Å². The maximum atomic E-state index is 3.53. The molecule has 3 radical (unpaired) electrons. The summed E-state index contributed by atoms with van der Waals surface area (Å²) < 4.78 is 0. The quantitative estimate of drug-likeness (QED) is 0.509. The van der Waals surface area contributed by atoms with E-state index in [2.05, 4.69) is 35.9 Å². The van der Waals surface area contributed by atoms with E-state index < -0.39 is 0 Å². The van der Waals surface area contributed by atoms with Crippen LogP contribution in [-0.2, 0) is 0 Å². The second-order valence-electron chi connectivity index (χ2n) is 1.90. The van der Waals surface area contributed by atoms with Gasteiger partial charge >= 0.3 is 0 Å². The molecule has 0 heterocycles. The lowest BCUT2D eigenvalue weighted by atomic mass is 10.5. The smallest absolute Gasteiger partial charge is 0.0476 e. The maximum absolute atomic E-state index is 3.53. The molecule has 8 heavy (non-hydrogen) atoms. The van der Waals surface area contributed by atoms with Gasteiger partial charge in [0.2, 0.25) is 0 Å². The molecule has 0 aromatic rings. The van der Waals surface area contributed by atoms with E-state index in [9.17, 15) is 0 Å². The van der Waals surface area contributed by atoms with Gasteiger partial charge in [0.05, 0.1) is 0 Å². The standard InChI is InChI=1S/C6H14NSi/c1-4-7(5-2)6(3)8/h6H,4-5H2,1-3H3. The molecule has 0 spiro atoms. The first-order valence-electron chi connectivity index (χ1n) is 3.17. The SMILES string of the molecule is CCN(CC)C(C)[Si]. The third-order valence-corrected chi connectivity index (χ3v) is 1.73. The Hall–Kier alpha value is 0.177. The predicted molar refractivity (Wildman–Crippen MR) is 38.1 cm³/mol. The third kappa shape index (κ3) is 2.48. The molecule has 0 fully saturated rings. The normalized spacial score (nSPS) is 14.6. The Kier molecular flexibility index (Phi) is 4.19. The summed E-state index contributed by atoms with van der Waals surface area (Å²) in [6.07, 6.45) is 0. The van der Waals surface area contributed by atoms with Crippen molar-refractivity contribution in [3.05, 3.63) is 0 Å². The Labute approximate surface area is 55.5 Å². The van der Waals surface area contributed by atoms with Gasteiger partial charge < -0.3 is 4.90 Å². The van der Waals surface area contributed by atoms with Gasteiger partial charge in [-0.05, 0) is 18.8 Å².